The van der Waals surface area contributed by atoms with Gasteiger partial charge in [-0.15, -0.1) is 0 Å². The van der Waals surface area contributed by atoms with E-state index in [0.29, 0.717) is 16.3 Å². The fraction of sp³-hybridized carbons (Fsp3) is 0.133. The smallest absolute Gasteiger partial charge is 0.338 e. The van der Waals surface area contributed by atoms with Gasteiger partial charge < -0.3 is 4.74 Å². The molecule has 0 spiro atoms. The van der Waals surface area contributed by atoms with Crippen LogP contribution in [0.25, 0.3) is 0 Å². The summed E-state index contributed by atoms with van der Waals surface area (Å²) in [5.74, 6) is -0.449. The maximum atomic E-state index is 12.2. The first kappa shape index (κ1) is 16.3. The van der Waals surface area contributed by atoms with Gasteiger partial charge in [0.25, 0.3) is 10.0 Å². The fourth-order valence-electron chi connectivity index (χ4n) is 1.72. The van der Waals surface area contributed by atoms with Crippen molar-refractivity contribution >= 4 is 33.3 Å². The monoisotopic (exact) mass is 339 g/mol. The summed E-state index contributed by atoms with van der Waals surface area (Å²) in [5, 5.41) is 0.456. The van der Waals surface area contributed by atoms with E-state index >= 15 is 0 Å². The second-order valence-electron chi connectivity index (χ2n) is 4.36. The van der Waals surface area contributed by atoms with Crippen molar-refractivity contribution in [2.24, 2.45) is 0 Å². The minimum Gasteiger partial charge on any atom is -0.462 e. The number of carbonyl (C=O) groups excluding carboxylic acids is 1. The molecule has 22 heavy (non-hydrogen) atoms. The Hall–Kier alpha value is -2.05. The largest absolute Gasteiger partial charge is 0.462 e. The van der Waals surface area contributed by atoms with Gasteiger partial charge in [-0.25, -0.2) is 13.2 Å². The SMILES string of the molecule is CCOC(=O)c1ccc(NS(=O)(=O)c2ccc(Cl)cc2)cc1. The third-order valence-corrected chi connectivity index (χ3v) is 4.42. The van der Waals surface area contributed by atoms with E-state index in [1.54, 1.807) is 6.92 Å². The Kier molecular flexibility index (Phi) is 5.05. The Morgan fingerprint density at radius 1 is 1.09 bits per heavy atom. The molecule has 7 heteroatoms. The minimum atomic E-state index is -3.70. The van der Waals surface area contributed by atoms with Crippen LogP contribution in [0, 0.1) is 0 Å². The molecule has 0 aromatic heterocycles. The Morgan fingerprint density at radius 3 is 2.23 bits per heavy atom. The van der Waals surface area contributed by atoms with Gasteiger partial charge >= 0.3 is 5.97 Å². The summed E-state index contributed by atoms with van der Waals surface area (Å²) < 4.78 is 31.7. The number of rotatable bonds is 5. The fourth-order valence-corrected chi connectivity index (χ4v) is 2.90. The normalized spacial score (nSPS) is 11.0. The van der Waals surface area contributed by atoms with Crippen LogP contribution < -0.4 is 4.72 Å². The van der Waals surface area contributed by atoms with Crippen LogP contribution in [0.4, 0.5) is 5.69 Å². The minimum absolute atomic E-state index is 0.103. The molecular formula is C15H14ClNO4S. The summed E-state index contributed by atoms with van der Waals surface area (Å²) in [7, 11) is -3.70. The number of hydrogen-bond donors (Lipinski definition) is 1. The third-order valence-electron chi connectivity index (χ3n) is 2.77. The summed E-state index contributed by atoms with van der Waals surface area (Å²) in [6.45, 7) is 2.00. The first-order valence-corrected chi connectivity index (χ1v) is 8.34. The van der Waals surface area contributed by atoms with Gasteiger partial charge in [-0.3, -0.25) is 4.72 Å². The number of halogens is 1. The van der Waals surface area contributed by atoms with Crippen molar-refractivity contribution < 1.29 is 17.9 Å². The summed E-state index contributed by atoms with van der Waals surface area (Å²) in [6, 6.07) is 11.8. The lowest BCUT2D eigenvalue weighted by molar-refractivity contribution is 0.0526. The Balaban J connectivity index is 2.16. The van der Waals surface area contributed by atoms with Gasteiger partial charge in [0.2, 0.25) is 0 Å². The first-order valence-electron chi connectivity index (χ1n) is 6.48. The number of esters is 1. The molecule has 0 fully saturated rings. The van der Waals surface area contributed by atoms with Gasteiger partial charge in [0, 0.05) is 10.7 Å². The highest BCUT2D eigenvalue weighted by Crippen LogP contribution is 2.18. The molecule has 0 bridgehead atoms. The van der Waals surface area contributed by atoms with Crippen LogP contribution in [0.3, 0.4) is 0 Å². The molecule has 0 atom stereocenters. The maximum absolute atomic E-state index is 12.2. The Bertz CT molecular complexity index is 755. The molecule has 0 radical (unpaired) electrons. The molecule has 2 aromatic rings. The molecule has 1 N–H and O–H groups in total. The van der Waals surface area contributed by atoms with E-state index in [1.165, 1.54) is 48.5 Å². The molecule has 0 aliphatic heterocycles. The van der Waals surface area contributed by atoms with Crippen molar-refractivity contribution in [2.75, 3.05) is 11.3 Å². The third kappa shape index (κ3) is 3.99. The number of sulfonamides is 1. The topological polar surface area (TPSA) is 72.5 Å². The quantitative estimate of drug-likeness (QED) is 0.848. The zero-order valence-electron chi connectivity index (χ0n) is 11.7. The van der Waals surface area contributed by atoms with Crippen LogP contribution in [0.15, 0.2) is 53.4 Å². The molecule has 5 nitrogen and oxygen atoms in total. The van der Waals surface area contributed by atoms with Crippen LogP contribution >= 0.6 is 11.6 Å². The van der Waals surface area contributed by atoms with Crippen LogP contribution in [0.1, 0.15) is 17.3 Å². The standard InChI is InChI=1S/C15H14ClNO4S/c1-2-21-15(18)11-3-7-13(8-4-11)17-22(19,20)14-9-5-12(16)6-10-14/h3-10,17H,2H2,1H3. The van der Waals surface area contributed by atoms with Crippen molar-refractivity contribution in [3.8, 4) is 0 Å². The van der Waals surface area contributed by atoms with Gasteiger partial charge in [-0.05, 0) is 55.5 Å². The zero-order valence-corrected chi connectivity index (χ0v) is 13.3. The van der Waals surface area contributed by atoms with E-state index in [-0.39, 0.29) is 11.5 Å². The van der Waals surface area contributed by atoms with Crippen molar-refractivity contribution in [1.82, 2.24) is 0 Å². The average molecular weight is 340 g/mol. The molecule has 0 saturated carbocycles. The molecule has 2 aromatic carbocycles. The van der Waals surface area contributed by atoms with E-state index < -0.39 is 16.0 Å². The van der Waals surface area contributed by atoms with Gasteiger partial charge in [-0.1, -0.05) is 11.6 Å². The second-order valence-corrected chi connectivity index (χ2v) is 6.48. The highest BCUT2D eigenvalue weighted by atomic mass is 35.5. The number of carbonyl (C=O) groups is 1. The van der Waals surface area contributed by atoms with E-state index in [1.807, 2.05) is 0 Å². The number of ether oxygens (including phenoxy) is 1. The molecule has 2 rings (SSSR count). The molecule has 0 amide bonds. The summed E-state index contributed by atoms with van der Waals surface area (Å²) in [4.78, 5) is 11.6. The van der Waals surface area contributed by atoms with E-state index in [9.17, 15) is 13.2 Å². The number of benzene rings is 2. The van der Waals surface area contributed by atoms with Crippen LogP contribution in [0.2, 0.25) is 5.02 Å². The number of hydrogen-bond acceptors (Lipinski definition) is 4. The second kappa shape index (κ2) is 6.81. The van der Waals surface area contributed by atoms with Crippen LogP contribution in [0.5, 0.6) is 0 Å². The summed E-state index contributed by atoms with van der Waals surface area (Å²) >= 11 is 5.74. The molecule has 0 saturated heterocycles. The first-order chi connectivity index (χ1) is 10.4. The molecule has 0 aliphatic carbocycles. The van der Waals surface area contributed by atoms with Crippen molar-refractivity contribution in [1.29, 1.82) is 0 Å². The zero-order chi connectivity index (χ0) is 16.2. The predicted molar refractivity (Wildman–Crippen MR) is 84.7 cm³/mol. The lowest BCUT2D eigenvalue weighted by Gasteiger charge is -2.09. The van der Waals surface area contributed by atoms with Crippen molar-refractivity contribution in [3.05, 3.63) is 59.1 Å². The highest BCUT2D eigenvalue weighted by Gasteiger charge is 2.14. The molecular weight excluding hydrogens is 326 g/mol. The summed E-state index contributed by atoms with van der Waals surface area (Å²) in [5.41, 5.74) is 0.708. The van der Waals surface area contributed by atoms with E-state index in [2.05, 4.69) is 4.72 Å². The Labute approximate surface area is 133 Å². The molecule has 116 valence electrons. The van der Waals surface area contributed by atoms with Gasteiger partial charge in [0.1, 0.15) is 0 Å². The lowest BCUT2D eigenvalue weighted by Crippen LogP contribution is -2.13. The number of anilines is 1. The van der Waals surface area contributed by atoms with E-state index in [0.717, 1.165) is 0 Å². The molecule has 0 unspecified atom stereocenters. The lowest BCUT2D eigenvalue weighted by atomic mass is 10.2. The highest BCUT2D eigenvalue weighted by molar-refractivity contribution is 7.92. The van der Waals surface area contributed by atoms with Crippen LogP contribution in [-0.2, 0) is 14.8 Å². The van der Waals surface area contributed by atoms with E-state index in [4.69, 9.17) is 16.3 Å². The van der Waals surface area contributed by atoms with Crippen LogP contribution in [-0.4, -0.2) is 21.0 Å². The Morgan fingerprint density at radius 2 is 1.68 bits per heavy atom. The van der Waals surface area contributed by atoms with Gasteiger partial charge in [-0.2, -0.15) is 0 Å². The molecule has 0 heterocycles. The summed E-state index contributed by atoms with van der Waals surface area (Å²) in [6.07, 6.45) is 0. The van der Waals surface area contributed by atoms with Crippen molar-refractivity contribution in [2.45, 2.75) is 11.8 Å². The average Bonchev–Trinajstić information content (AvgIpc) is 2.48. The van der Waals surface area contributed by atoms with Gasteiger partial charge in [0.15, 0.2) is 0 Å². The predicted octanol–water partition coefficient (Wildman–Crippen LogP) is 3.32. The number of nitrogens with one attached hydrogen (secondary N) is 1. The van der Waals surface area contributed by atoms with Gasteiger partial charge in [0.05, 0.1) is 17.1 Å². The molecule has 0 aliphatic rings. The van der Waals surface area contributed by atoms with Crippen molar-refractivity contribution in [3.63, 3.8) is 0 Å². The maximum Gasteiger partial charge on any atom is 0.338 e.